The molecule has 0 aliphatic heterocycles. The van der Waals surface area contributed by atoms with E-state index in [9.17, 15) is 4.79 Å². The number of benzene rings is 1. The van der Waals surface area contributed by atoms with Crippen LogP contribution in [0, 0.1) is 20.8 Å². The first-order valence-corrected chi connectivity index (χ1v) is 8.09. The van der Waals surface area contributed by atoms with E-state index in [0.29, 0.717) is 19.6 Å². The van der Waals surface area contributed by atoms with E-state index in [1.54, 1.807) is 0 Å². The fraction of sp³-hybridized carbons (Fsp3) is 0.444. The molecule has 0 bridgehead atoms. The van der Waals surface area contributed by atoms with E-state index in [4.69, 9.17) is 5.11 Å². The van der Waals surface area contributed by atoms with E-state index in [0.717, 1.165) is 28.2 Å². The van der Waals surface area contributed by atoms with E-state index < -0.39 is 0 Å². The fourth-order valence-corrected chi connectivity index (χ4v) is 2.68. The van der Waals surface area contributed by atoms with Gasteiger partial charge in [-0.1, -0.05) is 17.7 Å². The summed E-state index contributed by atoms with van der Waals surface area (Å²) in [6.07, 6.45) is 0. The van der Waals surface area contributed by atoms with Gasteiger partial charge in [0.25, 0.3) is 0 Å². The molecule has 0 radical (unpaired) electrons. The summed E-state index contributed by atoms with van der Waals surface area (Å²) in [6.45, 7) is 7.46. The lowest BCUT2D eigenvalue weighted by molar-refractivity contribution is -0.117. The lowest BCUT2D eigenvalue weighted by atomic mass is 10.2. The van der Waals surface area contributed by atoms with Gasteiger partial charge in [0.1, 0.15) is 0 Å². The average molecular weight is 330 g/mol. The molecular weight excluding hydrogens is 304 g/mol. The fourth-order valence-electron chi connectivity index (χ4n) is 2.68. The number of aliphatic hydroxyl groups is 1. The number of likely N-dealkylation sites (N-methyl/N-ethyl adjacent to an activating group) is 1. The second kappa shape index (κ2) is 8.08. The Bertz CT molecular complexity index is 692. The Morgan fingerprint density at radius 1 is 1.25 bits per heavy atom. The zero-order valence-corrected chi connectivity index (χ0v) is 14.8. The number of nitrogens with zero attached hydrogens (tertiary/aromatic N) is 3. The van der Waals surface area contributed by atoms with Crippen LogP contribution in [-0.2, 0) is 17.9 Å². The summed E-state index contributed by atoms with van der Waals surface area (Å²) >= 11 is 0. The van der Waals surface area contributed by atoms with Crippen molar-refractivity contribution in [3.8, 4) is 0 Å². The minimum absolute atomic E-state index is 0.0422. The zero-order chi connectivity index (χ0) is 17.7. The molecule has 0 saturated carbocycles. The number of aromatic nitrogens is 2. The second-order valence-corrected chi connectivity index (χ2v) is 6.18. The SMILES string of the molecule is Cc1ccc(NC(=O)CN(C)Cc2c(C)nn(CCO)c2C)cc1. The van der Waals surface area contributed by atoms with Crippen LogP contribution >= 0.6 is 0 Å². The van der Waals surface area contributed by atoms with Crippen molar-refractivity contribution in [2.45, 2.75) is 33.9 Å². The van der Waals surface area contributed by atoms with Crippen molar-refractivity contribution in [1.82, 2.24) is 14.7 Å². The third-order valence-corrected chi connectivity index (χ3v) is 4.02. The number of rotatable bonds is 7. The molecule has 24 heavy (non-hydrogen) atoms. The molecule has 130 valence electrons. The van der Waals surface area contributed by atoms with Crippen molar-refractivity contribution >= 4 is 11.6 Å². The Labute approximate surface area is 143 Å². The van der Waals surface area contributed by atoms with Crippen LogP contribution in [0.2, 0.25) is 0 Å². The first-order valence-electron chi connectivity index (χ1n) is 8.09. The Morgan fingerprint density at radius 2 is 1.92 bits per heavy atom. The molecule has 6 heteroatoms. The van der Waals surface area contributed by atoms with Crippen LogP contribution in [0.4, 0.5) is 5.69 Å². The van der Waals surface area contributed by atoms with Crippen molar-refractivity contribution in [2.24, 2.45) is 0 Å². The molecule has 0 aliphatic carbocycles. The quantitative estimate of drug-likeness (QED) is 0.813. The molecule has 1 aromatic carbocycles. The summed E-state index contributed by atoms with van der Waals surface area (Å²) < 4.78 is 1.81. The Kier molecular flexibility index (Phi) is 6.11. The van der Waals surface area contributed by atoms with Crippen molar-refractivity contribution in [2.75, 3.05) is 25.5 Å². The minimum Gasteiger partial charge on any atom is -0.394 e. The summed E-state index contributed by atoms with van der Waals surface area (Å²) in [7, 11) is 1.91. The van der Waals surface area contributed by atoms with E-state index in [2.05, 4.69) is 10.4 Å². The predicted octanol–water partition coefficient (Wildman–Crippen LogP) is 1.87. The third kappa shape index (κ3) is 4.66. The van der Waals surface area contributed by atoms with Crippen LogP contribution in [-0.4, -0.2) is 45.9 Å². The highest BCUT2D eigenvalue weighted by Crippen LogP contribution is 2.15. The average Bonchev–Trinajstić information content (AvgIpc) is 2.77. The molecule has 0 unspecified atom stereocenters. The summed E-state index contributed by atoms with van der Waals surface area (Å²) in [5.74, 6) is -0.0422. The van der Waals surface area contributed by atoms with E-state index in [1.807, 2.05) is 61.7 Å². The highest BCUT2D eigenvalue weighted by atomic mass is 16.3. The number of hydrogen-bond acceptors (Lipinski definition) is 4. The number of anilines is 1. The molecule has 2 aromatic rings. The molecular formula is C18H26N4O2. The predicted molar refractivity (Wildman–Crippen MR) is 94.9 cm³/mol. The molecule has 1 heterocycles. The molecule has 2 N–H and O–H groups in total. The van der Waals surface area contributed by atoms with Gasteiger partial charge in [0.2, 0.25) is 5.91 Å². The maximum absolute atomic E-state index is 12.2. The molecule has 2 rings (SSSR count). The standard InChI is InChI=1S/C18H26N4O2/c1-13-5-7-16(8-6-13)19-18(24)12-21(4)11-17-14(2)20-22(9-10-23)15(17)3/h5-8,23H,9-12H2,1-4H3,(H,19,24). The van der Waals surface area contributed by atoms with Crippen molar-refractivity contribution in [1.29, 1.82) is 0 Å². The third-order valence-electron chi connectivity index (χ3n) is 4.02. The maximum Gasteiger partial charge on any atom is 0.238 e. The van der Waals surface area contributed by atoms with Gasteiger partial charge in [-0.25, -0.2) is 0 Å². The van der Waals surface area contributed by atoms with Crippen LogP contribution in [0.15, 0.2) is 24.3 Å². The molecule has 0 fully saturated rings. The number of amides is 1. The minimum atomic E-state index is -0.0422. The smallest absolute Gasteiger partial charge is 0.238 e. The molecule has 0 aliphatic rings. The Morgan fingerprint density at radius 3 is 2.54 bits per heavy atom. The van der Waals surface area contributed by atoms with Crippen molar-refractivity contribution < 1.29 is 9.90 Å². The molecule has 6 nitrogen and oxygen atoms in total. The first-order chi connectivity index (χ1) is 11.4. The van der Waals surface area contributed by atoms with Crippen molar-refractivity contribution in [3.63, 3.8) is 0 Å². The van der Waals surface area contributed by atoms with Gasteiger partial charge in [-0.2, -0.15) is 5.10 Å². The lowest BCUT2D eigenvalue weighted by Gasteiger charge is -2.17. The van der Waals surface area contributed by atoms with Gasteiger partial charge in [0.05, 0.1) is 25.4 Å². The maximum atomic E-state index is 12.2. The van der Waals surface area contributed by atoms with Crippen LogP contribution < -0.4 is 5.32 Å². The highest BCUT2D eigenvalue weighted by Gasteiger charge is 2.15. The van der Waals surface area contributed by atoms with Gasteiger partial charge in [0, 0.05) is 23.5 Å². The number of aliphatic hydroxyl groups excluding tert-OH is 1. The van der Waals surface area contributed by atoms with E-state index >= 15 is 0 Å². The monoisotopic (exact) mass is 330 g/mol. The summed E-state index contributed by atoms with van der Waals surface area (Å²) in [6, 6.07) is 7.75. The Hall–Kier alpha value is -2.18. The van der Waals surface area contributed by atoms with Gasteiger partial charge in [-0.3, -0.25) is 14.4 Å². The Balaban J connectivity index is 1.94. The van der Waals surface area contributed by atoms with Gasteiger partial charge < -0.3 is 10.4 Å². The molecule has 0 spiro atoms. The summed E-state index contributed by atoms with van der Waals surface area (Å²) in [5.41, 5.74) is 5.05. The van der Waals surface area contributed by atoms with Crippen LogP contribution in [0.25, 0.3) is 0 Å². The number of carbonyl (C=O) groups excluding carboxylic acids is 1. The summed E-state index contributed by atoms with van der Waals surface area (Å²) in [5, 5.41) is 16.4. The van der Waals surface area contributed by atoms with E-state index in [-0.39, 0.29) is 12.5 Å². The number of nitrogens with one attached hydrogen (secondary N) is 1. The van der Waals surface area contributed by atoms with Crippen molar-refractivity contribution in [3.05, 3.63) is 46.8 Å². The first kappa shape index (κ1) is 18.2. The van der Waals surface area contributed by atoms with Gasteiger partial charge >= 0.3 is 0 Å². The highest BCUT2D eigenvalue weighted by molar-refractivity contribution is 5.92. The topological polar surface area (TPSA) is 70.4 Å². The number of hydrogen-bond donors (Lipinski definition) is 2. The lowest BCUT2D eigenvalue weighted by Crippen LogP contribution is -2.30. The molecule has 1 amide bonds. The van der Waals surface area contributed by atoms with Gasteiger partial charge in [-0.05, 0) is 40.0 Å². The van der Waals surface area contributed by atoms with Crippen LogP contribution in [0.5, 0.6) is 0 Å². The van der Waals surface area contributed by atoms with E-state index in [1.165, 1.54) is 0 Å². The number of carbonyl (C=O) groups is 1. The zero-order valence-electron chi connectivity index (χ0n) is 14.8. The molecule has 1 aromatic heterocycles. The normalized spacial score (nSPS) is 11.1. The van der Waals surface area contributed by atoms with Gasteiger partial charge in [-0.15, -0.1) is 0 Å². The summed E-state index contributed by atoms with van der Waals surface area (Å²) in [4.78, 5) is 14.1. The molecule has 0 saturated heterocycles. The van der Waals surface area contributed by atoms with Crippen LogP contribution in [0.1, 0.15) is 22.5 Å². The van der Waals surface area contributed by atoms with Crippen LogP contribution in [0.3, 0.4) is 0 Å². The van der Waals surface area contributed by atoms with Gasteiger partial charge in [0.15, 0.2) is 0 Å². The largest absolute Gasteiger partial charge is 0.394 e. The molecule has 0 atom stereocenters. The second-order valence-electron chi connectivity index (χ2n) is 6.18. The number of aryl methyl sites for hydroxylation is 2.